The number of rotatable bonds is 7. The molecule has 0 bridgehead atoms. The summed E-state index contributed by atoms with van der Waals surface area (Å²) in [5, 5.41) is 2.99. The Balaban J connectivity index is 2.33. The van der Waals surface area contributed by atoms with Gasteiger partial charge in [0.1, 0.15) is 0 Å². The van der Waals surface area contributed by atoms with Crippen LogP contribution in [0.2, 0.25) is 0 Å². The van der Waals surface area contributed by atoms with E-state index in [2.05, 4.69) is 28.2 Å². The molecule has 0 spiro atoms. The quantitative estimate of drug-likeness (QED) is 0.798. The lowest BCUT2D eigenvalue weighted by atomic mass is 10.1. The highest BCUT2D eigenvalue weighted by Crippen LogP contribution is 2.16. The van der Waals surface area contributed by atoms with Gasteiger partial charge < -0.3 is 11.1 Å². The van der Waals surface area contributed by atoms with Gasteiger partial charge in [0, 0.05) is 16.3 Å². The molecule has 0 saturated carbocycles. The van der Waals surface area contributed by atoms with Gasteiger partial charge in [-0.15, -0.1) is 0 Å². The number of amides is 1. The SMILES string of the molecule is CCC(N)CSCC(=O)NC(C)c1ccc(Br)cc1. The number of thioether (sulfide) groups is 1. The molecule has 0 aliphatic carbocycles. The van der Waals surface area contributed by atoms with Gasteiger partial charge in [0.15, 0.2) is 0 Å². The Morgan fingerprint density at radius 1 is 1.42 bits per heavy atom. The van der Waals surface area contributed by atoms with E-state index in [9.17, 15) is 4.79 Å². The van der Waals surface area contributed by atoms with Crippen molar-refractivity contribution >= 4 is 33.6 Å². The van der Waals surface area contributed by atoms with E-state index in [-0.39, 0.29) is 18.0 Å². The Morgan fingerprint density at radius 3 is 2.63 bits per heavy atom. The van der Waals surface area contributed by atoms with Crippen LogP contribution in [0, 0.1) is 0 Å². The topological polar surface area (TPSA) is 55.1 Å². The number of hydrogen-bond donors (Lipinski definition) is 2. The average molecular weight is 345 g/mol. The molecule has 0 saturated heterocycles. The standard InChI is InChI=1S/C14H21BrN2OS/c1-3-13(16)8-19-9-14(18)17-10(2)11-4-6-12(15)7-5-11/h4-7,10,13H,3,8-9,16H2,1-2H3,(H,17,18). The number of carbonyl (C=O) groups excluding carboxylic acids is 1. The van der Waals surface area contributed by atoms with Gasteiger partial charge in [0.25, 0.3) is 0 Å². The van der Waals surface area contributed by atoms with E-state index in [1.165, 1.54) is 0 Å². The van der Waals surface area contributed by atoms with Gasteiger partial charge in [-0.3, -0.25) is 4.79 Å². The zero-order valence-electron chi connectivity index (χ0n) is 11.4. The fourth-order valence-electron chi connectivity index (χ4n) is 1.54. The molecule has 3 N–H and O–H groups in total. The number of nitrogens with one attached hydrogen (secondary N) is 1. The first-order valence-corrected chi connectivity index (χ1v) is 8.35. The van der Waals surface area contributed by atoms with Crippen molar-refractivity contribution in [3.8, 4) is 0 Å². The third kappa shape index (κ3) is 6.45. The van der Waals surface area contributed by atoms with Crippen LogP contribution in [0.3, 0.4) is 0 Å². The minimum absolute atomic E-state index is 0.0287. The molecule has 5 heteroatoms. The summed E-state index contributed by atoms with van der Waals surface area (Å²) in [4.78, 5) is 11.8. The van der Waals surface area contributed by atoms with Crippen LogP contribution in [-0.2, 0) is 4.79 Å². The summed E-state index contributed by atoms with van der Waals surface area (Å²) in [6.07, 6.45) is 0.948. The van der Waals surface area contributed by atoms with E-state index in [1.54, 1.807) is 11.8 Å². The Labute approximate surface area is 127 Å². The summed E-state index contributed by atoms with van der Waals surface area (Å²) >= 11 is 4.99. The Bertz CT molecular complexity index is 397. The van der Waals surface area contributed by atoms with Crippen LogP contribution in [0.4, 0.5) is 0 Å². The molecule has 2 unspecified atom stereocenters. The summed E-state index contributed by atoms with van der Waals surface area (Å²) < 4.78 is 1.04. The summed E-state index contributed by atoms with van der Waals surface area (Å²) in [5.41, 5.74) is 6.91. The fourth-order valence-corrected chi connectivity index (χ4v) is 2.73. The largest absolute Gasteiger partial charge is 0.349 e. The fraction of sp³-hybridized carbons (Fsp3) is 0.500. The summed E-state index contributed by atoms with van der Waals surface area (Å²) in [7, 11) is 0. The molecular weight excluding hydrogens is 324 g/mol. The van der Waals surface area contributed by atoms with E-state index in [0.717, 1.165) is 22.2 Å². The summed E-state index contributed by atoms with van der Waals surface area (Å²) in [6, 6.07) is 8.19. The highest BCUT2D eigenvalue weighted by atomic mass is 79.9. The third-order valence-corrected chi connectivity index (χ3v) is 4.50. The Kier molecular flexibility index (Phi) is 7.49. The van der Waals surface area contributed by atoms with Crippen molar-refractivity contribution < 1.29 is 4.79 Å². The van der Waals surface area contributed by atoms with Crippen molar-refractivity contribution in [3.63, 3.8) is 0 Å². The second-order valence-electron chi connectivity index (χ2n) is 4.52. The summed E-state index contributed by atoms with van der Waals surface area (Å²) in [6.45, 7) is 4.05. The normalized spacial score (nSPS) is 13.9. The van der Waals surface area contributed by atoms with Crippen molar-refractivity contribution in [1.82, 2.24) is 5.32 Å². The molecule has 0 fully saturated rings. The van der Waals surface area contributed by atoms with Crippen LogP contribution in [-0.4, -0.2) is 23.5 Å². The van der Waals surface area contributed by atoms with Crippen LogP contribution < -0.4 is 11.1 Å². The van der Waals surface area contributed by atoms with E-state index in [0.29, 0.717) is 5.75 Å². The molecule has 1 aromatic rings. The van der Waals surface area contributed by atoms with Crippen LogP contribution >= 0.6 is 27.7 Å². The predicted octanol–water partition coefficient (Wildman–Crippen LogP) is 3.10. The van der Waals surface area contributed by atoms with Gasteiger partial charge in [0.2, 0.25) is 5.91 Å². The molecule has 0 heterocycles. The van der Waals surface area contributed by atoms with Crippen molar-refractivity contribution in [2.75, 3.05) is 11.5 Å². The monoisotopic (exact) mass is 344 g/mol. The highest BCUT2D eigenvalue weighted by Gasteiger charge is 2.10. The maximum atomic E-state index is 11.8. The van der Waals surface area contributed by atoms with E-state index in [4.69, 9.17) is 5.73 Å². The lowest BCUT2D eigenvalue weighted by Gasteiger charge is -2.15. The number of carbonyl (C=O) groups is 1. The molecule has 1 rings (SSSR count). The molecular formula is C14H21BrN2OS. The zero-order chi connectivity index (χ0) is 14.3. The van der Waals surface area contributed by atoms with Gasteiger partial charge in [-0.2, -0.15) is 11.8 Å². The first-order chi connectivity index (χ1) is 9.02. The van der Waals surface area contributed by atoms with E-state index < -0.39 is 0 Å². The molecule has 106 valence electrons. The minimum atomic E-state index is 0.0287. The lowest BCUT2D eigenvalue weighted by molar-refractivity contribution is -0.119. The van der Waals surface area contributed by atoms with E-state index in [1.807, 2.05) is 31.2 Å². The maximum absolute atomic E-state index is 11.8. The number of halogens is 1. The first-order valence-electron chi connectivity index (χ1n) is 6.41. The second kappa shape index (κ2) is 8.61. The zero-order valence-corrected chi connectivity index (χ0v) is 13.8. The van der Waals surface area contributed by atoms with Crippen molar-refractivity contribution in [2.45, 2.75) is 32.4 Å². The van der Waals surface area contributed by atoms with Gasteiger partial charge in [-0.25, -0.2) is 0 Å². The lowest BCUT2D eigenvalue weighted by Crippen LogP contribution is -2.29. The van der Waals surface area contributed by atoms with Crippen molar-refractivity contribution in [2.24, 2.45) is 5.73 Å². The Hall–Kier alpha value is -0.520. The van der Waals surface area contributed by atoms with Gasteiger partial charge in [0.05, 0.1) is 11.8 Å². The molecule has 0 aliphatic heterocycles. The predicted molar refractivity (Wildman–Crippen MR) is 86.3 cm³/mol. The number of hydrogen-bond acceptors (Lipinski definition) is 3. The van der Waals surface area contributed by atoms with Crippen molar-refractivity contribution in [3.05, 3.63) is 34.3 Å². The molecule has 0 aliphatic rings. The van der Waals surface area contributed by atoms with Crippen LogP contribution in [0.25, 0.3) is 0 Å². The smallest absolute Gasteiger partial charge is 0.230 e. The molecule has 0 aromatic heterocycles. The summed E-state index contributed by atoms with van der Waals surface area (Å²) in [5.74, 6) is 1.36. The molecule has 1 aromatic carbocycles. The average Bonchev–Trinajstić information content (AvgIpc) is 2.39. The van der Waals surface area contributed by atoms with Gasteiger partial charge >= 0.3 is 0 Å². The maximum Gasteiger partial charge on any atom is 0.230 e. The minimum Gasteiger partial charge on any atom is -0.349 e. The van der Waals surface area contributed by atoms with Gasteiger partial charge in [-0.1, -0.05) is 35.0 Å². The highest BCUT2D eigenvalue weighted by molar-refractivity contribution is 9.10. The van der Waals surface area contributed by atoms with E-state index >= 15 is 0 Å². The van der Waals surface area contributed by atoms with Crippen molar-refractivity contribution in [1.29, 1.82) is 0 Å². The molecule has 19 heavy (non-hydrogen) atoms. The van der Waals surface area contributed by atoms with Crippen LogP contribution in [0.15, 0.2) is 28.7 Å². The van der Waals surface area contributed by atoms with Crippen LogP contribution in [0.1, 0.15) is 31.9 Å². The molecule has 1 amide bonds. The molecule has 3 nitrogen and oxygen atoms in total. The first kappa shape index (κ1) is 16.5. The molecule has 2 atom stereocenters. The number of benzene rings is 1. The Morgan fingerprint density at radius 2 is 2.05 bits per heavy atom. The number of nitrogens with two attached hydrogens (primary N) is 1. The van der Waals surface area contributed by atoms with Crippen LogP contribution in [0.5, 0.6) is 0 Å². The van der Waals surface area contributed by atoms with Gasteiger partial charge in [-0.05, 0) is 31.0 Å². The third-order valence-electron chi connectivity index (χ3n) is 2.84. The molecule has 0 radical (unpaired) electrons. The second-order valence-corrected chi connectivity index (χ2v) is 6.47.